The molecule has 1 aliphatic carbocycles. The van der Waals surface area contributed by atoms with Crippen LogP contribution in [-0.4, -0.2) is 17.3 Å². The molecule has 2 nitrogen and oxygen atoms in total. The smallest absolute Gasteiger partial charge is 0.413 e. The van der Waals surface area contributed by atoms with Gasteiger partial charge in [-0.1, -0.05) is 12.8 Å². The third-order valence-electron chi connectivity index (χ3n) is 2.79. The Bertz CT molecular complexity index is 286. The fourth-order valence-electron chi connectivity index (χ4n) is 2.08. The van der Waals surface area contributed by atoms with Gasteiger partial charge in [0.1, 0.15) is 0 Å². The van der Waals surface area contributed by atoms with Gasteiger partial charge in [-0.3, -0.25) is 0 Å². The van der Waals surface area contributed by atoms with Crippen molar-refractivity contribution in [3.8, 4) is 0 Å². The molecule has 0 unspecified atom stereocenters. The summed E-state index contributed by atoms with van der Waals surface area (Å²) in [5.74, 6) is -2.10. The maximum atomic E-state index is 12.7. The van der Waals surface area contributed by atoms with Crippen LogP contribution in [0.2, 0.25) is 0 Å². The van der Waals surface area contributed by atoms with Crippen LogP contribution in [0.3, 0.4) is 0 Å². The first kappa shape index (κ1) is 12.1. The Kier molecular flexibility index (Phi) is 3.42. The predicted molar refractivity (Wildman–Crippen MR) is 48.3 cm³/mol. The standard InChI is InChI=1S/C10H13F3O2/c1-6(9(14)15)8(10(11,12)13)7-4-2-3-5-7/h7H,2-5H2,1H3,(H,14,15). The Morgan fingerprint density at radius 1 is 1.27 bits per heavy atom. The minimum Gasteiger partial charge on any atom is -0.478 e. The summed E-state index contributed by atoms with van der Waals surface area (Å²) in [7, 11) is 0. The van der Waals surface area contributed by atoms with Crippen molar-refractivity contribution in [1.82, 2.24) is 0 Å². The van der Waals surface area contributed by atoms with E-state index in [-0.39, 0.29) is 0 Å². The Balaban J connectivity index is 3.07. The molecule has 0 heterocycles. The molecule has 0 atom stereocenters. The number of hydrogen-bond donors (Lipinski definition) is 1. The molecule has 0 aromatic carbocycles. The van der Waals surface area contributed by atoms with Crippen molar-refractivity contribution < 1.29 is 23.1 Å². The fraction of sp³-hybridized carbons (Fsp3) is 0.700. The predicted octanol–water partition coefficient (Wildman–Crippen LogP) is 3.14. The molecule has 1 N–H and O–H groups in total. The average Bonchev–Trinajstić information content (AvgIpc) is 2.54. The minimum absolute atomic E-state index is 0.444. The Labute approximate surface area is 85.8 Å². The van der Waals surface area contributed by atoms with Gasteiger partial charge >= 0.3 is 12.1 Å². The second-order valence-corrected chi connectivity index (χ2v) is 3.82. The molecule has 0 aromatic heterocycles. The van der Waals surface area contributed by atoms with E-state index in [2.05, 4.69) is 0 Å². The van der Waals surface area contributed by atoms with Gasteiger partial charge in [-0.25, -0.2) is 4.79 Å². The largest absolute Gasteiger partial charge is 0.478 e. The SMILES string of the molecule is CC(C(=O)O)=C(C1CCCC1)C(F)(F)F. The van der Waals surface area contributed by atoms with Gasteiger partial charge in [0.2, 0.25) is 0 Å². The summed E-state index contributed by atoms with van der Waals surface area (Å²) >= 11 is 0. The zero-order valence-electron chi connectivity index (χ0n) is 8.40. The van der Waals surface area contributed by atoms with Crippen LogP contribution in [0, 0.1) is 5.92 Å². The summed E-state index contributed by atoms with van der Waals surface area (Å²) in [4.78, 5) is 10.6. The normalized spacial score (nSPS) is 20.3. The molecule has 1 fully saturated rings. The first-order chi connectivity index (χ1) is 6.84. The van der Waals surface area contributed by atoms with Gasteiger partial charge in [-0.05, 0) is 25.7 Å². The molecule has 15 heavy (non-hydrogen) atoms. The van der Waals surface area contributed by atoms with Crippen molar-refractivity contribution in [3.63, 3.8) is 0 Å². The van der Waals surface area contributed by atoms with Crippen LogP contribution >= 0.6 is 0 Å². The first-order valence-electron chi connectivity index (χ1n) is 4.85. The Morgan fingerprint density at radius 3 is 2.07 bits per heavy atom. The van der Waals surface area contributed by atoms with Crippen LogP contribution in [0.4, 0.5) is 13.2 Å². The van der Waals surface area contributed by atoms with E-state index in [1.165, 1.54) is 0 Å². The second-order valence-electron chi connectivity index (χ2n) is 3.82. The molecular weight excluding hydrogens is 209 g/mol. The molecule has 0 radical (unpaired) electrons. The Morgan fingerprint density at radius 2 is 1.73 bits per heavy atom. The van der Waals surface area contributed by atoms with E-state index in [0.717, 1.165) is 19.8 Å². The van der Waals surface area contributed by atoms with E-state index in [9.17, 15) is 18.0 Å². The lowest BCUT2D eigenvalue weighted by atomic mass is 9.92. The van der Waals surface area contributed by atoms with Crippen LogP contribution in [0.25, 0.3) is 0 Å². The molecule has 5 heteroatoms. The van der Waals surface area contributed by atoms with E-state index in [1.807, 2.05) is 0 Å². The summed E-state index contributed by atoms with van der Waals surface area (Å²) in [6.45, 7) is 1.03. The van der Waals surface area contributed by atoms with Gasteiger partial charge in [0, 0.05) is 11.1 Å². The van der Waals surface area contributed by atoms with Gasteiger partial charge in [-0.15, -0.1) is 0 Å². The highest BCUT2D eigenvalue weighted by molar-refractivity contribution is 5.87. The van der Waals surface area contributed by atoms with Crippen LogP contribution in [0.5, 0.6) is 0 Å². The number of carbonyl (C=O) groups is 1. The number of carboxylic acid groups (broad SMARTS) is 1. The topological polar surface area (TPSA) is 37.3 Å². The quantitative estimate of drug-likeness (QED) is 0.729. The second kappa shape index (κ2) is 4.24. The third kappa shape index (κ3) is 2.73. The van der Waals surface area contributed by atoms with E-state index in [1.54, 1.807) is 0 Å². The maximum Gasteiger partial charge on any atom is 0.413 e. The van der Waals surface area contributed by atoms with E-state index >= 15 is 0 Å². The van der Waals surface area contributed by atoms with Crippen molar-refractivity contribution in [2.24, 2.45) is 5.92 Å². The molecule has 0 saturated heterocycles. The summed E-state index contributed by atoms with van der Waals surface area (Å²) in [6, 6.07) is 0. The molecule has 0 bridgehead atoms. The number of hydrogen-bond acceptors (Lipinski definition) is 1. The zero-order valence-corrected chi connectivity index (χ0v) is 8.40. The van der Waals surface area contributed by atoms with Gasteiger partial charge in [0.05, 0.1) is 0 Å². The molecule has 1 rings (SSSR count). The molecule has 0 spiro atoms. The van der Waals surface area contributed by atoms with Crippen molar-refractivity contribution in [2.45, 2.75) is 38.8 Å². The van der Waals surface area contributed by atoms with Crippen molar-refractivity contribution in [1.29, 1.82) is 0 Å². The van der Waals surface area contributed by atoms with Gasteiger partial charge < -0.3 is 5.11 Å². The van der Waals surface area contributed by atoms with Gasteiger partial charge in [-0.2, -0.15) is 13.2 Å². The maximum absolute atomic E-state index is 12.7. The summed E-state index contributed by atoms with van der Waals surface area (Å²) < 4.78 is 38.0. The molecule has 1 saturated carbocycles. The van der Waals surface area contributed by atoms with Crippen LogP contribution in [0.1, 0.15) is 32.6 Å². The van der Waals surface area contributed by atoms with Crippen molar-refractivity contribution >= 4 is 5.97 Å². The molecule has 86 valence electrons. The fourth-order valence-corrected chi connectivity index (χ4v) is 2.08. The number of halogens is 3. The van der Waals surface area contributed by atoms with Crippen molar-refractivity contribution in [3.05, 3.63) is 11.1 Å². The number of carboxylic acids is 1. The van der Waals surface area contributed by atoms with Crippen LogP contribution in [0.15, 0.2) is 11.1 Å². The highest BCUT2D eigenvalue weighted by atomic mass is 19.4. The lowest BCUT2D eigenvalue weighted by molar-refractivity contribution is -0.134. The molecule has 0 aliphatic heterocycles. The summed E-state index contributed by atoms with van der Waals surface area (Å²) in [5, 5.41) is 8.62. The summed E-state index contributed by atoms with van der Waals surface area (Å²) in [6.07, 6.45) is -2.13. The minimum atomic E-state index is -4.52. The first-order valence-corrected chi connectivity index (χ1v) is 4.85. The van der Waals surface area contributed by atoms with Crippen molar-refractivity contribution in [2.75, 3.05) is 0 Å². The lowest BCUT2D eigenvalue weighted by Crippen LogP contribution is -2.22. The number of alkyl halides is 3. The number of aliphatic carboxylic acids is 1. The average molecular weight is 222 g/mol. The highest BCUT2D eigenvalue weighted by Crippen LogP contribution is 2.41. The van der Waals surface area contributed by atoms with E-state index in [4.69, 9.17) is 5.11 Å². The zero-order chi connectivity index (χ0) is 11.6. The number of allylic oxidation sites excluding steroid dienone is 1. The monoisotopic (exact) mass is 222 g/mol. The van der Waals surface area contributed by atoms with E-state index in [0.29, 0.717) is 12.8 Å². The molecule has 0 amide bonds. The Hall–Kier alpha value is -1.00. The summed E-state index contributed by atoms with van der Waals surface area (Å²) in [5.41, 5.74) is -1.40. The van der Waals surface area contributed by atoms with Crippen LogP contribution < -0.4 is 0 Å². The van der Waals surface area contributed by atoms with E-state index < -0.39 is 29.2 Å². The third-order valence-corrected chi connectivity index (χ3v) is 2.79. The van der Waals surface area contributed by atoms with Crippen LogP contribution in [-0.2, 0) is 4.79 Å². The molecule has 0 aromatic rings. The molecular formula is C10H13F3O2. The van der Waals surface area contributed by atoms with Gasteiger partial charge in [0.25, 0.3) is 0 Å². The lowest BCUT2D eigenvalue weighted by Gasteiger charge is -2.19. The number of rotatable bonds is 2. The van der Waals surface area contributed by atoms with Gasteiger partial charge in [0.15, 0.2) is 0 Å². The highest BCUT2D eigenvalue weighted by Gasteiger charge is 2.42. The molecule has 1 aliphatic rings.